The summed E-state index contributed by atoms with van der Waals surface area (Å²) in [7, 11) is 1.34. The minimum atomic E-state index is -0.330. The first-order valence-electron chi connectivity index (χ1n) is 9.47. The highest BCUT2D eigenvalue weighted by Gasteiger charge is 2.22. The first-order valence-corrected chi connectivity index (χ1v) is 9.47. The Kier molecular flexibility index (Phi) is 6.83. The smallest absolute Gasteiger partial charge is 0.305 e. The predicted octanol–water partition coefficient (Wildman–Crippen LogP) is 1.92. The van der Waals surface area contributed by atoms with Crippen molar-refractivity contribution in [3.05, 3.63) is 42.5 Å². The van der Waals surface area contributed by atoms with Crippen LogP contribution in [0.1, 0.15) is 29.8 Å². The van der Waals surface area contributed by atoms with Gasteiger partial charge in [-0.15, -0.1) is 0 Å². The summed E-state index contributed by atoms with van der Waals surface area (Å²) in [6.07, 6.45) is 4.14. The molecule has 1 fully saturated rings. The highest BCUT2D eigenvalue weighted by Crippen LogP contribution is 2.17. The van der Waals surface area contributed by atoms with Gasteiger partial charge in [0.05, 0.1) is 25.3 Å². The Hall–Kier alpha value is -3.36. The second-order valence-electron chi connectivity index (χ2n) is 6.63. The number of hydrogen-bond acceptors (Lipinski definition) is 7. The Morgan fingerprint density at radius 1 is 1.14 bits per heavy atom. The Labute approximate surface area is 168 Å². The number of piperazine rings is 1. The second-order valence-corrected chi connectivity index (χ2v) is 6.63. The van der Waals surface area contributed by atoms with E-state index in [9.17, 15) is 14.4 Å². The molecule has 3 heterocycles. The van der Waals surface area contributed by atoms with Gasteiger partial charge in [0.2, 0.25) is 5.91 Å². The fourth-order valence-electron chi connectivity index (χ4n) is 3.08. The lowest BCUT2D eigenvalue weighted by Crippen LogP contribution is -2.49. The summed E-state index contributed by atoms with van der Waals surface area (Å²) in [6.45, 7) is 2.56. The SMILES string of the molecule is COC(=O)CCCC(=O)N1CCN(c2ccc(NC(=O)c3ccco3)cn2)CC1. The van der Waals surface area contributed by atoms with Crippen LogP contribution in [0, 0.1) is 0 Å². The van der Waals surface area contributed by atoms with Crippen LogP contribution in [0.5, 0.6) is 0 Å². The summed E-state index contributed by atoms with van der Waals surface area (Å²) in [6, 6.07) is 6.87. The van der Waals surface area contributed by atoms with E-state index in [4.69, 9.17) is 4.42 Å². The lowest BCUT2D eigenvalue weighted by Gasteiger charge is -2.35. The molecule has 154 valence electrons. The number of methoxy groups -OCH3 is 1. The quantitative estimate of drug-likeness (QED) is 0.708. The molecule has 2 aromatic heterocycles. The predicted molar refractivity (Wildman–Crippen MR) is 106 cm³/mol. The number of aromatic nitrogens is 1. The normalized spacial score (nSPS) is 13.8. The van der Waals surface area contributed by atoms with Crippen LogP contribution in [0.4, 0.5) is 11.5 Å². The zero-order chi connectivity index (χ0) is 20.6. The largest absolute Gasteiger partial charge is 0.469 e. The summed E-state index contributed by atoms with van der Waals surface area (Å²) in [5.74, 6) is 0.458. The van der Waals surface area contributed by atoms with Gasteiger partial charge in [0.15, 0.2) is 5.76 Å². The van der Waals surface area contributed by atoms with Crippen LogP contribution in [-0.2, 0) is 14.3 Å². The molecule has 0 spiro atoms. The van der Waals surface area contributed by atoms with Gasteiger partial charge in [-0.05, 0) is 30.7 Å². The van der Waals surface area contributed by atoms with Crippen molar-refractivity contribution >= 4 is 29.3 Å². The lowest BCUT2D eigenvalue weighted by atomic mass is 10.2. The van der Waals surface area contributed by atoms with E-state index < -0.39 is 0 Å². The molecule has 9 nitrogen and oxygen atoms in total. The Balaban J connectivity index is 1.45. The summed E-state index contributed by atoms with van der Waals surface area (Å²) in [4.78, 5) is 43.7. The number of pyridine rings is 1. The van der Waals surface area contributed by atoms with Crippen molar-refractivity contribution < 1.29 is 23.5 Å². The summed E-state index contributed by atoms with van der Waals surface area (Å²) >= 11 is 0. The zero-order valence-corrected chi connectivity index (χ0v) is 16.3. The van der Waals surface area contributed by atoms with E-state index in [2.05, 4.69) is 19.9 Å². The number of nitrogens with one attached hydrogen (secondary N) is 1. The first kappa shape index (κ1) is 20.4. The van der Waals surface area contributed by atoms with Gasteiger partial charge < -0.3 is 24.3 Å². The van der Waals surface area contributed by atoms with E-state index in [1.807, 2.05) is 11.0 Å². The summed E-state index contributed by atoms with van der Waals surface area (Å²) in [5.41, 5.74) is 0.578. The van der Waals surface area contributed by atoms with E-state index in [0.717, 1.165) is 5.82 Å². The maximum atomic E-state index is 12.2. The minimum Gasteiger partial charge on any atom is -0.469 e. The molecular weight excluding hydrogens is 376 g/mol. The topological polar surface area (TPSA) is 105 Å². The molecule has 1 aliphatic heterocycles. The highest BCUT2D eigenvalue weighted by atomic mass is 16.5. The number of carbonyl (C=O) groups excluding carboxylic acids is 3. The minimum absolute atomic E-state index is 0.0532. The molecule has 1 saturated heterocycles. The van der Waals surface area contributed by atoms with E-state index in [1.54, 1.807) is 24.4 Å². The van der Waals surface area contributed by atoms with Crippen LogP contribution < -0.4 is 10.2 Å². The van der Waals surface area contributed by atoms with Crippen molar-refractivity contribution in [2.45, 2.75) is 19.3 Å². The van der Waals surface area contributed by atoms with Crippen LogP contribution in [0.15, 0.2) is 41.1 Å². The van der Waals surface area contributed by atoms with Gasteiger partial charge in [-0.3, -0.25) is 14.4 Å². The van der Waals surface area contributed by atoms with Gasteiger partial charge in [0.25, 0.3) is 5.91 Å². The molecule has 0 radical (unpaired) electrons. The van der Waals surface area contributed by atoms with Crippen LogP contribution in [0.25, 0.3) is 0 Å². The third-order valence-corrected chi connectivity index (χ3v) is 4.71. The number of furan rings is 1. The molecule has 0 aliphatic carbocycles. The number of nitrogens with zero attached hydrogens (tertiary/aromatic N) is 3. The summed E-state index contributed by atoms with van der Waals surface area (Å²) in [5, 5.41) is 2.73. The maximum absolute atomic E-state index is 12.2. The molecule has 9 heteroatoms. The second kappa shape index (κ2) is 9.72. The van der Waals surface area contributed by atoms with Gasteiger partial charge in [-0.2, -0.15) is 0 Å². The third-order valence-electron chi connectivity index (χ3n) is 4.71. The number of anilines is 2. The van der Waals surface area contributed by atoms with Crippen molar-refractivity contribution in [3.63, 3.8) is 0 Å². The van der Waals surface area contributed by atoms with Crippen molar-refractivity contribution in [1.29, 1.82) is 0 Å². The van der Waals surface area contributed by atoms with E-state index in [0.29, 0.717) is 44.7 Å². The standard InChI is InChI=1S/C20H24N4O5/c1-28-19(26)6-2-5-18(25)24-11-9-23(10-12-24)17-8-7-15(14-21-17)22-20(27)16-4-3-13-29-16/h3-4,7-8,13-14H,2,5-6,9-12H2,1H3,(H,22,27). The average molecular weight is 400 g/mol. The molecule has 0 saturated carbocycles. The summed E-state index contributed by atoms with van der Waals surface area (Å²) < 4.78 is 9.65. The fraction of sp³-hybridized carbons (Fsp3) is 0.400. The lowest BCUT2D eigenvalue weighted by molar-refractivity contribution is -0.140. The molecule has 3 rings (SSSR count). The molecule has 0 unspecified atom stereocenters. The van der Waals surface area contributed by atoms with Crippen molar-refractivity contribution in [2.75, 3.05) is 43.5 Å². The van der Waals surface area contributed by atoms with E-state index in [1.165, 1.54) is 13.4 Å². The van der Waals surface area contributed by atoms with Gasteiger partial charge in [0.1, 0.15) is 5.82 Å². The monoisotopic (exact) mass is 400 g/mol. The molecule has 0 aromatic carbocycles. The molecule has 0 bridgehead atoms. The molecule has 1 aliphatic rings. The molecular formula is C20H24N4O5. The number of carbonyl (C=O) groups is 3. The Bertz CT molecular complexity index is 827. The number of rotatable bonds is 7. The molecule has 0 atom stereocenters. The zero-order valence-electron chi connectivity index (χ0n) is 16.3. The Morgan fingerprint density at radius 2 is 1.93 bits per heavy atom. The van der Waals surface area contributed by atoms with Crippen molar-refractivity contribution in [3.8, 4) is 0 Å². The van der Waals surface area contributed by atoms with Crippen LogP contribution in [0.2, 0.25) is 0 Å². The average Bonchev–Trinajstić information content (AvgIpc) is 3.29. The van der Waals surface area contributed by atoms with Gasteiger partial charge in [-0.1, -0.05) is 0 Å². The third kappa shape index (κ3) is 5.56. The Morgan fingerprint density at radius 3 is 2.55 bits per heavy atom. The first-order chi connectivity index (χ1) is 14.1. The number of amides is 2. The van der Waals surface area contributed by atoms with E-state index >= 15 is 0 Å². The number of esters is 1. The van der Waals surface area contributed by atoms with Gasteiger partial charge in [-0.25, -0.2) is 4.98 Å². The van der Waals surface area contributed by atoms with Crippen molar-refractivity contribution in [1.82, 2.24) is 9.88 Å². The van der Waals surface area contributed by atoms with Gasteiger partial charge in [0, 0.05) is 39.0 Å². The van der Waals surface area contributed by atoms with Crippen molar-refractivity contribution in [2.24, 2.45) is 0 Å². The van der Waals surface area contributed by atoms with Crippen LogP contribution in [0.3, 0.4) is 0 Å². The highest BCUT2D eigenvalue weighted by molar-refractivity contribution is 6.02. The van der Waals surface area contributed by atoms with Gasteiger partial charge >= 0.3 is 5.97 Å². The van der Waals surface area contributed by atoms with Crippen LogP contribution in [-0.4, -0.2) is 61.0 Å². The molecule has 2 amide bonds. The number of hydrogen-bond donors (Lipinski definition) is 1. The van der Waals surface area contributed by atoms with Crippen LogP contribution >= 0.6 is 0 Å². The number of ether oxygens (including phenoxy) is 1. The molecule has 1 N–H and O–H groups in total. The maximum Gasteiger partial charge on any atom is 0.305 e. The molecule has 2 aromatic rings. The van der Waals surface area contributed by atoms with E-state index in [-0.39, 0.29) is 30.0 Å². The fourth-order valence-corrected chi connectivity index (χ4v) is 3.08. The molecule has 29 heavy (non-hydrogen) atoms.